The minimum Gasteiger partial charge on any atom is -0.497 e. The van der Waals surface area contributed by atoms with Gasteiger partial charge in [-0.3, -0.25) is 10.1 Å². The number of hydrogen-bond acceptors (Lipinski definition) is 3. The van der Waals surface area contributed by atoms with E-state index in [0.29, 0.717) is 0 Å². The predicted molar refractivity (Wildman–Crippen MR) is 72.4 cm³/mol. The number of benzene rings is 1. The van der Waals surface area contributed by atoms with Crippen LogP contribution in [0.3, 0.4) is 0 Å². The van der Waals surface area contributed by atoms with Crippen molar-refractivity contribution >= 4 is 5.91 Å². The topological polar surface area (TPSA) is 64.3 Å². The van der Waals surface area contributed by atoms with Crippen LogP contribution >= 0.6 is 0 Å². The number of carbonyl (C=O) groups is 1. The highest BCUT2D eigenvalue weighted by Crippen LogP contribution is 2.18. The van der Waals surface area contributed by atoms with Gasteiger partial charge in [-0.25, -0.2) is 0 Å². The maximum atomic E-state index is 11.3. The third-order valence-electron chi connectivity index (χ3n) is 3.02. The number of hydrogen-bond donors (Lipinski definition) is 2. The summed E-state index contributed by atoms with van der Waals surface area (Å²) < 4.78 is 5.11. The van der Waals surface area contributed by atoms with Gasteiger partial charge in [-0.2, -0.15) is 0 Å². The summed E-state index contributed by atoms with van der Waals surface area (Å²) in [6, 6.07) is 7.52. The molecular weight excluding hydrogens is 228 g/mol. The highest BCUT2D eigenvalue weighted by molar-refractivity contribution is 5.80. The van der Waals surface area contributed by atoms with Crippen LogP contribution in [-0.4, -0.2) is 19.1 Å². The van der Waals surface area contributed by atoms with Crippen molar-refractivity contribution in [3.63, 3.8) is 0 Å². The van der Waals surface area contributed by atoms with Crippen molar-refractivity contribution < 1.29 is 9.53 Å². The summed E-state index contributed by atoms with van der Waals surface area (Å²) in [4.78, 5) is 11.3. The molecule has 0 aliphatic heterocycles. The zero-order chi connectivity index (χ0) is 13.7. The van der Waals surface area contributed by atoms with E-state index < -0.39 is 0 Å². The lowest BCUT2D eigenvalue weighted by Gasteiger charge is -2.24. The molecule has 3 N–H and O–H groups in total. The fraction of sp³-hybridized carbons (Fsp3) is 0.500. The molecule has 1 aromatic carbocycles. The Bertz CT molecular complexity index is 387. The standard InChI is InChI=1S/C14H22N2O2/c1-9(2)13(14(15)17)16-10(3)11-5-7-12(18-4)8-6-11/h5-10,13,16H,1-4H3,(H2,15,17). The van der Waals surface area contributed by atoms with Crippen LogP contribution in [0.15, 0.2) is 24.3 Å². The molecule has 0 radical (unpaired) electrons. The molecule has 0 aliphatic rings. The molecule has 0 fully saturated rings. The lowest BCUT2D eigenvalue weighted by atomic mass is 10.0. The van der Waals surface area contributed by atoms with Gasteiger partial charge in [0, 0.05) is 6.04 Å². The lowest BCUT2D eigenvalue weighted by molar-refractivity contribution is -0.121. The number of nitrogens with two attached hydrogens (primary N) is 1. The van der Waals surface area contributed by atoms with Gasteiger partial charge in [0.1, 0.15) is 5.75 Å². The predicted octanol–water partition coefficient (Wildman–Crippen LogP) is 1.86. The fourth-order valence-corrected chi connectivity index (χ4v) is 1.86. The molecule has 1 amide bonds. The average Bonchev–Trinajstić information content (AvgIpc) is 2.35. The van der Waals surface area contributed by atoms with Gasteiger partial charge < -0.3 is 10.5 Å². The average molecular weight is 250 g/mol. The monoisotopic (exact) mass is 250 g/mol. The van der Waals surface area contributed by atoms with Crippen molar-refractivity contribution in [2.45, 2.75) is 32.9 Å². The van der Waals surface area contributed by atoms with Gasteiger partial charge >= 0.3 is 0 Å². The van der Waals surface area contributed by atoms with E-state index in [1.807, 2.05) is 45.0 Å². The fourth-order valence-electron chi connectivity index (χ4n) is 1.86. The van der Waals surface area contributed by atoms with Crippen LogP contribution in [0.2, 0.25) is 0 Å². The van der Waals surface area contributed by atoms with E-state index in [1.54, 1.807) is 7.11 Å². The maximum Gasteiger partial charge on any atom is 0.234 e. The number of ether oxygens (including phenoxy) is 1. The summed E-state index contributed by atoms with van der Waals surface area (Å²) in [5.74, 6) is 0.676. The van der Waals surface area contributed by atoms with Crippen LogP contribution in [0, 0.1) is 5.92 Å². The Morgan fingerprint density at radius 2 is 1.78 bits per heavy atom. The summed E-state index contributed by atoms with van der Waals surface area (Å²) in [5.41, 5.74) is 6.49. The van der Waals surface area contributed by atoms with Crippen molar-refractivity contribution in [1.29, 1.82) is 0 Å². The highest BCUT2D eigenvalue weighted by Gasteiger charge is 2.21. The van der Waals surface area contributed by atoms with Crippen molar-refractivity contribution in [3.8, 4) is 5.75 Å². The summed E-state index contributed by atoms with van der Waals surface area (Å²) in [5, 5.41) is 3.25. The van der Waals surface area contributed by atoms with E-state index in [9.17, 15) is 4.79 Å². The maximum absolute atomic E-state index is 11.3. The second-order valence-electron chi connectivity index (χ2n) is 4.79. The Kier molecular flexibility index (Phi) is 5.16. The number of methoxy groups -OCH3 is 1. The van der Waals surface area contributed by atoms with E-state index in [0.717, 1.165) is 11.3 Å². The third kappa shape index (κ3) is 3.74. The quantitative estimate of drug-likeness (QED) is 0.810. The molecule has 18 heavy (non-hydrogen) atoms. The number of amides is 1. The van der Waals surface area contributed by atoms with Crippen LogP contribution in [0.4, 0.5) is 0 Å². The molecule has 2 atom stereocenters. The molecular formula is C14H22N2O2. The van der Waals surface area contributed by atoms with Gasteiger partial charge in [-0.15, -0.1) is 0 Å². The Morgan fingerprint density at radius 3 is 2.17 bits per heavy atom. The van der Waals surface area contributed by atoms with Crippen molar-refractivity contribution in [2.24, 2.45) is 11.7 Å². The molecule has 2 unspecified atom stereocenters. The molecule has 0 bridgehead atoms. The number of nitrogens with one attached hydrogen (secondary N) is 1. The molecule has 1 aromatic rings. The minimum atomic E-state index is -0.317. The normalized spacial score (nSPS) is 14.3. The first-order valence-corrected chi connectivity index (χ1v) is 6.15. The van der Waals surface area contributed by atoms with Crippen LogP contribution < -0.4 is 15.8 Å². The number of rotatable bonds is 6. The molecule has 4 nitrogen and oxygen atoms in total. The van der Waals surface area contributed by atoms with Crippen LogP contribution in [-0.2, 0) is 4.79 Å². The lowest BCUT2D eigenvalue weighted by Crippen LogP contribution is -2.45. The van der Waals surface area contributed by atoms with Gasteiger partial charge in [0.05, 0.1) is 13.2 Å². The van der Waals surface area contributed by atoms with Gasteiger partial charge in [-0.05, 0) is 30.5 Å². The van der Waals surface area contributed by atoms with Gasteiger partial charge in [0.15, 0.2) is 0 Å². The van der Waals surface area contributed by atoms with Gasteiger partial charge in [0.2, 0.25) is 5.91 Å². The summed E-state index contributed by atoms with van der Waals surface area (Å²) >= 11 is 0. The molecule has 0 spiro atoms. The van der Waals surface area contributed by atoms with Gasteiger partial charge in [0.25, 0.3) is 0 Å². The van der Waals surface area contributed by atoms with E-state index in [2.05, 4.69) is 5.32 Å². The first-order chi connectivity index (χ1) is 8.45. The first kappa shape index (κ1) is 14.5. The van der Waals surface area contributed by atoms with E-state index >= 15 is 0 Å². The molecule has 0 aliphatic carbocycles. The SMILES string of the molecule is COc1ccc(C(C)NC(C(N)=O)C(C)C)cc1. The molecule has 0 saturated heterocycles. The third-order valence-corrected chi connectivity index (χ3v) is 3.02. The van der Waals surface area contributed by atoms with Gasteiger partial charge in [-0.1, -0.05) is 26.0 Å². The Hall–Kier alpha value is -1.55. The first-order valence-electron chi connectivity index (χ1n) is 6.15. The molecule has 0 aromatic heterocycles. The Balaban J connectivity index is 2.73. The van der Waals surface area contributed by atoms with Crippen molar-refractivity contribution in [2.75, 3.05) is 7.11 Å². The molecule has 0 heterocycles. The minimum absolute atomic E-state index is 0.0656. The largest absolute Gasteiger partial charge is 0.497 e. The second-order valence-corrected chi connectivity index (χ2v) is 4.79. The molecule has 100 valence electrons. The van der Waals surface area contributed by atoms with E-state index in [-0.39, 0.29) is 23.9 Å². The van der Waals surface area contributed by atoms with Crippen molar-refractivity contribution in [1.82, 2.24) is 5.32 Å². The summed E-state index contributed by atoms with van der Waals surface area (Å²) in [7, 11) is 1.64. The van der Waals surface area contributed by atoms with Crippen LogP contribution in [0.5, 0.6) is 5.75 Å². The molecule has 0 saturated carbocycles. The van der Waals surface area contributed by atoms with E-state index in [1.165, 1.54) is 0 Å². The summed E-state index contributed by atoms with van der Waals surface area (Å²) in [6.45, 7) is 5.96. The van der Waals surface area contributed by atoms with Crippen LogP contribution in [0.25, 0.3) is 0 Å². The van der Waals surface area contributed by atoms with Crippen molar-refractivity contribution in [3.05, 3.63) is 29.8 Å². The Morgan fingerprint density at radius 1 is 1.22 bits per heavy atom. The zero-order valence-corrected chi connectivity index (χ0v) is 11.4. The molecule has 4 heteroatoms. The number of primary amides is 1. The highest BCUT2D eigenvalue weighted by atomic mass is 16.5. The van der Waals surface area contributed by atoms with Crippen LogP contribution in [0.1, 0.15) is 32.4 Å². The second kappa shape index (κ2) is 6.40. The molecule has 1 rings (SSSR count). The summed E-state index contributed by atoms with van der Waals surface area (Å²) in [6.07, 6.45) is 0. The Labute approximate surface area is 109 Å². The zero-order valence-electron chi connectivity index (χ0n) is 11.4. The number of carbonyl (C=O) groups excluding carboxylic acids is 1. The van der Waals surface area contributed by atoms with E-state index in [4.69, 9.17) is 10.5 Å². The smallest absolute Gasteiger partial charge is 0.234 e.